The molecule has 0 aliphatic rings. The second-order valence-corrected chi connectivity index (χ2v) is 6.99. The van der Waals surface area contributed by atoms with E-state index in [0.717, 1.165) is 11.1 Å². The van der Waals surface area contributed by atoms with Gasteiger partial charge in [-0.15, -0.1) is 0 Å². The molecule has 7 heteroatoms. The summed E-state index contributed by atoms with van der Waals surface area (Å²) < 4.78 is 11.5. The average molecular weight is 427 g/mol. The van der Waals surface area contributed by atoms with Crippen molar-refractivity contribution in [2.24, 2.45) is 0 Å². The number of furan rings is 1. The minimum atomic E-state index is -0.402. The van der Waals surface area contributed by atoms with Crippen LogP contribution in [0.3, 0.4) is 0 Å². The van der Waals surface area contributed by atoms with Gasteiger partial charge in [-0.2, -0.15) is 0 Å². The van der Waals surface area contributed by atoms with Crippen LogP contribution >= 0.6 is 15.9 Å². The van der Waals surface area contributed by atoms with Gasteiger partial charge in [-0.25, -0.2) is 4.98 Å². The van der Waals surface area contributed by atoms with Crippen LogP contribution in [0.1, 0.15) is 21.7 Å². The lowest BCUT2D eigenvalue weighted by molar-refractivity contribution is 0.0995. The zero-order valence-corrected chi connectivity index (χ0v) is 16.1. The highest BCUT2D eigenvalue weighted by molar-refractivity contribution is 9.10. The summed E-state index contributed by atoms with van der Waals surface area (Å²) in [4.78, 5) is 16.7. The summed E-state index contributed by atoms with van der Waals surface area (Å²) >= 11 is 3.16. The first kappa shape index (κ1) is 17.4. The van der Waals surface area contributed by atoms with Gasteiger partial charge in [0, 0.05) is 5.69 Å². The fourth-order valence-corrected chi connectivity index (χ4v) is 3.02. The molecule has 2 aromatic heterocycles. The molecule has 2 heterocycles. The molecule has 27 heavy (non-hydrogen) atoms. The molecule has 0 radical (unpaired) electrons. The molecule has 2 aromatic carbocycles. The lowest BCUT2D eigenvalue weighted by Crippen LogP contribution is -2.10. The summed E-state index contributed by atoms with van der Waals surface area (Å²) in [6.07, 6.45) is 0. The third-order valence-corrected chi connectivity index (χ3v) is 4.71. The Hall–Kier alpha value is -3.06. The third kappa shape index (κ3) is 3.33. The SMILES string of the molecule is Cc1cc2nc(-c3cc(NC(=O)c4ccc(Br)o4)ccc3O)oc2cc1C. The predicted octanol–water partition coefficient (Wildman–Crippen LogP) is 5.43. The molecule has 0 saturated heterocycles. The molecule has 4 aromatic rings. The lowest BCUT2D eigenvalue weighted by Gasteiger charge is -2.06. The Morgan fingerprint density at radius 1 is 1.07 bits per heavy atom. The summed E-state index contributed by atoms with van der Waals surface area (Å²) in [7, 11) is 0. The zero-order valence-electron chi connectivity index (χ0n) is 14.5. The Morgan fingerprint density at radius 2 is 1.85 bits per heavy atom. The normalized spacial score (nSPS) is 11.1. The number of nitrogens with zero attached hydrogens (tertiary/aromatic N) is 1. The van der Waals surface area contributed by atoms with E-state index in [1.807, 2.05) is 26.0 Å². The molecule has 0 aliphatic heterocycles. The van der Waals surface area contributed by atoms with Gasteiger partial charge >= 0.3 is 0 Å². The van der Waals surface area contributed by atoms with Gasteiger partial charge in [0.05, 0.1) is 5.56 Å². The van der Waals surface area contributed by atoms with Crippen LogP contribution in [0, 0.1) is 13.8 Å². The van der Waals surface area contributed by atoms with Crippen molar-refractivity contribution in [3.8, 4) is 17.2 Å². The van der Waals surface area contributed by atoms with Crippen molar-refractivity contribution in [1.29, 1.82) is 0 Å². The van der Waals surface area contributed by atoms with Crippen LogP contribution < -0.4 is 5.32 Å². The molecule has 0 aliphatic carbocycles. The standard InChI is InChI=1S/C20H15BrN2O4/c1-10-7-14-17(8-11(10)2)27-20(23-14)13-9-12(3-4-15(13)24)22-19(25)16-5-6-18(21)26-16/h3-9,24H,1-2H3,(H,22,25). The molecule has 0 saturated carbocycles. The van der Waals surface area contributed by atoms with Crippen molar-refractivity contribution in [2.75, 3.05) is 5.32 Å². The number of aromatic nitrogens is 1. The van der Waals surface area contributed by atoms with Gasteiger partial charge in [-0.05, 0) is 83.4 Å². The maximum absolute atomic E-state index is 12.2. The van der Waals surface area contributed by atoms with Crippen molar-refractivity contribution >= 4 is 38.6 Å². The topological polar surface area (TPSA) is 88.5 Å². The van der Waals surface area contributed by atoms with Crippen LogP contribution in [0.25, 0.3) is 22.6 Å². The molecule has 6 nitrogen and oxygen atoms in total. The molecule has 2 N–H and O–H groups in total. The number of rotatable bonds is 3. The number of aryl methyl sites for hydroxylation is 2. The first-order valence-electron chi connectivity index (χ1n) is 8.18. The molecular weight excluding hydrogens is 412 g/mol. The minimum Gasteiger partial charge on any atom is -0.507 e. The van der Waals surface area contributed by atoms with Crippen molar-refractivity contribution < 1.29 is 18.7 Å². The number of fused-ring (bicyclic) bond motifs is 1. The molecule has 4 rings (SSSR count). The van der Waals surface area contributed by atoms with Crippen molar-refractivity contribution in [3.63, 3.8) is 0 Å². The number of phenols is 1. The second kappa shape index (κ2) is 6.59. The zero-order chi connectivity index (χ0) is 19.1. The van der Waals surface area contributed by atoms with E-state index < -0.39 is 5.91 Å². The smallest absolute Gasteiger partial charge is 0.291 e. The average Bonchev–Trinajstić information content (AvgIpc) is 3.23. The number of anilines is 1. The number of phenolic OH excluding ortho intramolecular Hbond substituents is 1. The van der Waals surface area contributed by atoms with Crippen LogP contribution in [0.15, 0.2) is 56.0 Å². The number of aromatic hydroxyl groups is 1. The van der Waals surface area contributed by atoms with E-state index in [1.54, 1.807) is 24.3 Å². The van der Waals surface area contributed by atoms with E-state index in [4.69, 9.17) is 8.83 Å². The largest absolute Gasteiger partial charge is 0.507 e. The molecule has 0 bridgehead atoms. The van der Waals surface area contributed by atoms with Gasteiger partial charge in [0.15, 0.2) is 16.0 Å². The first-order valence-corrected chi connectivity index (χ1v) is 8.98. The van der Waals surface area contributed by atoms with E-state index in [-0.39, 0.29) is 17.4 Å². The van der Waals surface area contributed by atoms with Gasteiger partial charge in [0.2, 0.25) is 5.89 Å². The number of hydrogen-bond donors (Lipinski definition) is 2. The van der Waals surface area contributed by atoms with E-state index in [1.165, 1.54) is 6.07 Å². The van der Waals surface area contributed by atoms with Crippen molar-refractivity contribution in [2.45, 2.75) is 13.8 Å². The highest BCUT2D eigenvalue weighted by Crippen LogP contribution is 2.34. The van der Waals surface area contributed by atoms with E-state index >= 15 is 0 Å². The predicted molar refractivity (Wildman–Crippen MR) is 105 cm³/mol. The maximum Gasteiger partial charge on any atom is 0.291 e. The molecule has 0 unspecified atom stereocenters. The number of halogens is 1. The van der Waals surface area contributed by atoms with E-state index in [0.29, 0.717) is 27.0 Å². The first-order chi connectivity index (χ1) is 12.9. The van der Waals surface area contributed by atoms with Crippen LogP contribution in [-0.2, 0) is 0 Å². The van der Waals surface area contributed by atoms with Gasteiger partial charge in [-0.3, -0.25) is 4.79 Å². The third-order valence-electron chi connectivity index (χ3n) is 4.29. The fourth-order valence-electron chi connectivity index (χ4n) is 2.71. The van der Waals surface area contributed by atoms with E-state index in [2.05, 4.69) is 26.2 Å². The number of nitrogens with one attached hydrogen (secondary N) is 1. The lowest BCUT2D eigenvalue weighted by atomic mass is 10.1. The van der Waals surface area contributed by atoms with Gasteiger partial charge in [-0.1, -0.05) is 0 Å². The van der Waals surface area contributed by atoms with Gasteiger partial charge in [0.25, 0.3) is 5.91 Å². The summed E-state index contributed by atoms with van der Waals surface area (Å²) in [6.45, 7) is 4.00. The molecule has 0 atom stereocenters. The molecule has 0 spiro atoms. The Balaban J connectivity index is 1.69. The number of carbonyl (C=O) groups excluding carboxylic acids is 1. The molecule has 1 amide bonds. The molecule has 136 valence electrons. The Kier molecular flexibility index (Phi) is 4.24. The van der Waals surface area contributed by atoms with Gasteiger partial charge in [0.1, 0.15) is 11.3 Å². The fraction of sp³-hybridized carbons (Fsp3) is 0.100. The Bertz CT molecular complexity index is 1140. The van der Waals surface area contributed by atoms with Crippen LogP contribution in [0.2, 0.25) is 0 Å². The maximum atomic E-state index is 12.2. The molecule has 0 fully saturated rings. The second-order valence-electron chi connectivity index (χ2n) is 6.21. The van der Waals surface area contributed by atoms with Gasteiger partial charge < -0.3 is 19.3 Å². The number of hydrogen-bond acceptors (Lipinski definition) is 5. The number of benzene rings is 2. The highest BCUT2D eigenvalue weighted by Gasteiger charge is 2.16. The Labute approximate surface area is 163 Å². The summed E-state index contributed by atoms with van der Waals surface area (Å²) in [5, 5.41) is 13.0. The van der Waals surface area contributed by atoms with E-state index in [9.17, 15) is 9.90 Å². The molecular formula is C20H15BrN2O4. The Morgan fingerprint density at radius 3 is 2.59 bits per heavy atom. The summed E-state index contributed by atoms with van der Waals surface area (Å²) in [6, 6.07) is 11.7. The summed E-state index contributed by atoms with van der Waals surface area (Å²) in [5.74, 6) is 0.0588. The number of oxazole rings is 1. The number of amides is 1. The summed E-state index contributed by atoms with van der Waals surface area (Å²) in [5.41, 5.74) is 4.43. The van der Waals surface area contributed by atoms with Crippen LogP contribution in [0.5, 0.6) is 5.75 Å². The quantitative estimate of drug-likeness (QED) is 0.426. The van der Waals surface area contributed by atoms with Crippen LogP contribution in [0.4, 0.5) is 5.69 Å². The van der Waals surface area contributed by atoms with Crippen LogP contribution in [-0.4, -0.2) is 16.0 Å². The van der Waals surface area contributed by atoms with Crippen molar-refractivity contribution in [1.82, 2.24) is 4.98 Å². The minimum absolute atomic E-state index is 0.00809. The van der Waals surface area contributed by atoms with Crippen molar-refractivity contribution in [3.05, 3.63) is 64.0 Å². The highest BCUT2D eigenvalue weighted by atomic mass is 79.9. The number of carbonyl (C=O) groups is 1. The monoisotopic (exact) mass is 426 g/mol.